The summed E-state index contributed by atoms with van der Waals surface area (Å²) in [5.41, 5.74) is 1.83. The van der Waals surface area contributed by atoms with E-state index >= 15 is 0 Å². The van der Waals surface area contributed by atoms with Crippen molar-refractivity contribution in [2.75, 3.05) is 20.2 Å². The average Bonchev–Trinajstić information content (AvgIpc) is 3.08. The molecule has 0 saturated carbocycles. The average molecular weight is 354 g/mol. The number of piperidine rings is 1. The molecule has 0 N–H and O–H groups in total. The molecule has 136 valence electrons. The van der Waals surface area contributed by atoms with Gasteiger partial charge in [0, 0.05) is 37.8 Å². The van der Waals surface area contributed by atoms with Crippen molar-refractivity contribution >= 4 is 5.65 Å². The highest BCUT2D eigenvalue weighted by Gasteiger charge is 2.25. The summed E-state index contributed by atoms with van der Waals surface area (Å²) in [6.45, 7) is 2.72. The molecule has 1 aliphatic heterocycles. The number of fused-ring (bicyclic) bond motifs is 1. The minimum atomic E-state index is 0.0346. The Hall–Kier alpha value is -2.74. The molecule has 3 aromatic heterocycles. The molecular weight excluding hydrogens is 332 g/mol. The normalized spacial score (nSPS) is 16.2. The molecule has 0 atom stereocenters. The van der Waals surface area contributed by atoms with Crippen LogP contribution in [-0.4, -0.2) is 49.5 Å². The highest BCUT2D eigenvalue weighted by Crippen LogP contribution is 2.27. The van der Waals surface area contributed by atoms with E-state index in [1.54, 1.807) is 35.4 Å². The Labute approximate surface area is 151 Å². The molecule has 0 bridgehead atoms. The summed E-state index contributed by atoms with van der Waals surface area (Å²) in [6, 6.07) is 7.39. The number of aryl methyl sites for hydroxylation is 1. The van der Waals surface area contributed by atoms with Crippen molar-refractivity contribution in [1.29, 1.82) is 0 Å². The lowest BCUT2D eigenvalue weighted by molar-refractivity contribution is 0.200. The van der Waals surface area contributed by atoms with Crippen LogP contribution in [0.2, 0.25) is 0 Å². The third-order valence-corrected chi connectivity index (χ3v) is 5.00. The van der Waals surface area contributed by atoms with Crippen molar-refractivity contribution in [3.63, 3.8) is 0 Å². The van der Waals surface area contributed by atoms with E-state index in [0.29, 0.717) is 11.8 Å². The van der Waals surface area contributed by atoms with Gasteiger partial charge >= 0.3 is 0 Å². The molecule has 3 aromatic rings. The number of nitrogens with zero attached hydrogens (tertiary/aromatic N) is 6. The largest absolute Gasteiger partial charge is 0.480 e. The summed E-state index contributed by atoms with van der Waals surface area (Å²) in [5.74, 6) is 1.78. The molecule has 4 rings (SSSR count). The van der Waals surface area contributed by atoms with Crippen LogP contribution in [-0.2, 0) is 13.6 Å². The van der Waals surface area contributed by atoms with Gasteiger partial charge in [0.05, 0.1) is 7.11 Å². The quantitative estimate of drug-likeness (QED) is 0.701. The van der Waals surface area contributed by atoms with Gasteiger partial charge < -0.3 is 9.30 Å². The van der Waals surface area contributed by atoms with Crippen LogP contribution in [0, 0.1) is 0 Å². The van der Waals surface area contributed by atoms with Gasteiger partial charge in [-0.3, -0.25) is 9.69 Å². The second-order valence-electron chi connectivity index (χ2n) is 6.74. The first-order chi connectivity index (χ1) is 12.6. The molecule has 0 spiro atoms. The van der Waals surface area contributed by atoms with E-state index in [2.05, 4.69) is 20.2 Å². The molecule has 1 fully saturated rings. The minimum absolute atomic E-state index is 0.0346. The van der Waals surface area contributed by atoms with Crippen LogP contribution in [0.4, 0.5) is 0 Å². The van der Waals surface area contributed by atoms with Crippen molar-refractivity contribution in [3.05, 3.63) is 52.2 Å². The van der Waals surface area contributed by atoms with Gasteiger partial charge in [0.2, 0.25) is 5.88 Å². The first kappa shape index (κ1) is 16.7. The molecule has 0 aliphatic carbocycles. The summed E-state index contributed by atoms with van der Waals surface area (Å²) < 4.78 is 8.59. The van der Waals surface area contributed by atoms with Gasteiger partial charge in [-0.05, 0) is 43.6 Å². The van der Waals surface area contributed by atoms with Crippen molar-refractivity contribution in [1.82, 2.24) is 29.3 Å². The van der Waals surface area contributed by atoms with Crippen molar-refractivity contribution in [3.8, 4) is 5.88 Å². The van der Waals surface area contributed by atoms with E-state index in [9.17, 15) is 4.79 Å². The summed E-state index contributed by atoms with van der Waals surface area (Å²) in [7, 11) is 3.37. The maximum Gasteiger partial charge on any atom is 0.250 e. The van der Waals surface area contributed by atoms with Crippen molar-refractivity contribution in [2.24, 2.45) is 7.05 Å². The second kappa shape index (κ2) is 6.87. The Morgan fingerprint density at radius 1 is 1.19 bits per heavy atom. The summed E-state index contributed by atoms with van der Waals surface area (Å²) in [5, 5.41) is 13.0. The molecular formula is C18H22N6O2. The predicted molar refractivity (Wildman–Crippen MR) is 96.3 cm³/mol. The van der Waals surface area contributed by atoms with Gasteiger partial charge in [0.25, 0.3) is 5.56 Å². The summed E-state index contributed by atoms with van der Waals surface area (Å²) in [4.78, 5) is 14.2. The third kappa shape index (κ3) is 3.20. The molecule has 4 heterocycles. The molecule has 0 radical (unpaired) electrons. The third-order valence-electron chi connectivity index (χ3n) is 5.00. The van der Waals surface area contributed by atoms with Crippen LogP contribution in [0.1, 0.15) is 30.1 Å². The molecule has 0 aromatic carbocycles. The van der Waals surface area contributed by atoms with Crippen LogP contribution in [0.15, 0.2) is 35.3 Å². The number of hydrogen-bond acceptors (Lipinski definition) is 6. The standard InChI is InChI=1S/C18H22N6O2/c1-22-8-5-13(11-17(22)25)12-23-9-6-14(7-10-23)18-20-19-15-3-4-16(26-2)21-24(15)18/h3-5,8,11,14H,6-7,9-10,12H2,1-2H3. The molecule has 1 aliphatic rings. The van der Waals surface area contributed by atoms with Gasteiger partial charge in [-0.15, -0.1) is 15.3 Å². The van der Waals surface area contributed by atoms with Gasteiger partial charge in [-0.25, -0.2) is 0 Å². The van der Waals surface area contributed by atoms with Crippen LogP contribution in [0.5, 0.6) is 5.88 Å². The van der Waals surface area contributed by atoms with Crippen LogP contribution < -0.4 is 10.3 Å². The number of rotatable bonds is 4. The van der Waals surface area contributed by atoms with E-state index in [1.807, 2.05) is 18.3 Å². The Balaban J connectivity index is 1.45. The number of likely N-dealkylation sites (tertiary alicyclic amines) is 1. The lowest BCUT2D eigenvalue weighted by Gasteiger charge is -2.31. The number of methoxy groups -OCH3 is 1. The molecule has 26 heavy (non-hydrogen) atoms. The SMILES string of the molecule is COc1ccc2nnc(C3CCN(Cc4ccn(C)c(=O)c4)CC3)n2n1. The fourth-order valence-corrected chi connectivity index (χ4v) is 3.45. The Morgan fingerprint density at radius 3 is 2.73 bits per heavy atom. The fourth-order valence-electron chi connectivity index (χ4n) is 3.45. The van der Waals surface area contributed by atoms with Crippen molar-refractivity contribution < 1.29 is 4.74 Å². The first-order valence-electron chi connectivity index (χ1n) is 8.78. The maximum absolute atomic E-state index is 11.8. The van der Waals surface area contributed by atoms with Crippen LogP contribution >= 0.6 is 0 Å². The topological polar surface area (TPSA) is 77.6 Å². The minimum Gasteiger partial charge on any atom is -0.480 e. The first-order valence-corrected chi connectivity index (χ1v) is 8.78. The maximum atomic E-state index is 11.8. The fraction of sp³-hybridized carbons (Fsp3) is 0.444. The Bertz CT molecular complexity index is 971. The zero-order chi connectivity index (χ0) is 18.1. The summed E-state index contributed by atoms with van der Waals surface area (Å²) >= 11 is 0. The molecule has 8 heteroatoms. The highest BCUT2D eigenvalue weighted by atomic mass is 16.5. The number of pyridine rings is 1. The number of aromatic nitrogens is 5. The monoisotopic (exact) mass is 354 g/mol. The van der Waals surface area contributed by atoms with Gasteiger partial charge in [-0.2, -0.15) is 4.52 Å². The van der Waals surface area contributed by atoms with E-state index in [1.165, 1.54) is 0 Å². The van der Waals surface area contributed by atoms with Gasteiger partial charge in [-0.1, -0.05) is 0 Å². The molecule has 0 amide bonds. The molecule has 8 nitrogen and oxygen atoms in total. The van der Waals surface area contributed by atoms with Crippen molar-refractivity contribution in [2.45, 2.75) is 25.3 Å². The zero-order valence-corrected chi connectivity index (χ0v) is 15.0. The predicted octanol–water partition coefficient (Wildman–Crippen LogP) is 1.21. The van der Waals surface area contributed by atoms with E-state index in [-0.39, 0.29) is 5.56 Å². The van der Waals surface area contributed by atoms with E-state index < -0.39 is 0 Å². The molecule has 1 saturated heterocycles. The Morgan fingerprint density at radius 2 is 2.00 bits per heavy atom. The highest BCUT2D eigenvalue weighted by molar-refractivity contribution is 5.38. The van der Waals surface area contributed by atoms with Crippen LogP contribution in [0.25, 0.3) is 5.65 Å². The van der Waals surface area contributed by atoms with Gasteiger partial charge in [0.15, 0.2) is 11.5 Å². The van der Waals surface area contributed by atoms with Crippen LogP contribution in [0.3, 0.4) is 0 Å². The zero-order valence-electron chi connectivity index (χ0n) is 15.0. The number of ether oxygens (including phenoxy) is 1. The Kier molecular flexibility index (Phi) is 4.42. The number of hydrogen-bond donors (Lipinski definition) is 0. The lowest BCUT2D eigenvalue weighted by Crippen LogP contribution is -2.33. The second-order valence-corrected chi connectivity index (χ2v) is 6.74. The molecule has 0 unspecified atom stereocenters. The van der Waals surface area contributed by atoms with E-state index in [0.717, 1.165) is 49.5 Å². The summed E-state index contributed by atoms with van der Waals surface area (Å²) in [6.07, 6.45) is 3.81. The van der Waals surface area contributed by atoms with Gasteiger partial charge in [0.1, 0.15) is 0 Å². The smallest absolute Gasteiger partial charge is 0.250 e. The lowest BCUT2D eigenvalue weighted by atomic mass is 9.96. The van der Waals surface area contributed by atoms with E-state index in [4.69, 9.17) is 4.74 Å².